The number of hydrogen-bond donors (Lipinski definition) is 0. The normalized spacial score (nSPS) is 17.0. The summed E-state index contributed by atoms with van der Waals surface area (Å²) >= 11 is 0. The summed E-state index contributed by atoms with van der Waals surface area (Å²) < 4.78 is 5.18. The monoisotopic (exact) mass is 229 g/mol. The van der Waals surface area contributed by atoms with Crippen molar-refractivity contribution in [3.8, 4) is 0 Å². The van der Waals surface area contributed by atoms with Gasteiger partial charge in [0, 0.05) is 19.6 Å². The van der Waals surface area contributed by atoms with Crippen LogP contribution in [0.3, 0.4) is 0 Å². The molecule has 3 rings (SSSR count). The van der Waals surface area contributed by atoms with Gasteiger partial charge in [-0.1, -0.05) is 35.5 Å². The summed E-state index contributed by atoms with van der Waals surface area (Å²) in [4.78, 5) is 6.66. The largest absolute Gasteiger partial charge is 0.339 e. The molecule has 4 nitrogen and oxygen atoms in total. The maximum atomic E-state index is 5.18. The van der Waals surface area contributed by atoms with E-state index in [4.69, 9.17) is 4.52 Å². The van der Waals surface area contributed by atoms with E-state index < -0.39 is 0 Å². The van der Waals surface area contributed by atoms with Crippen LogP contribution in [0.15, 0.2) is 34.9 Å². The minimum atomic E-state index is 0.417. The number of aromatic nitrogens is 2. The Bertz CT molecular complexity index is 488. The molecule has 0 radical (unpaired) electrons. The molecule has 1 aliphatic rings. The van der Waals surface area contributed by atoms with Crippen molar-refractivity contribution in [1.29, 1.82) is 0 Å². The second-order valence-electron chi connectivity index (χ2n) is 4.56. The quantitative estimate of drug-likeness (QED) is 0.807. The number of likely N-dealkylation sites (tertiary alicyclic amines) is 1. The van der Waals surface area contributed by atoms with Gasteiger partial charge in [0.25, 0.3) is 0 Å². The summed E-state index contributed by atoms with van der Waals surface area (Å²) in [6.45, 7) is 4.88. The first-order valence-corrected chi connectivity index (χ1v) is 5.88. The van der Waals surface area contributed by atoms with Gasteiger partial charge in [0.05, 0.1) is 5.92 Å². The van der Waals surface area contributed by atoms with Crippen molar-refractivity contribution in [1.82, 2.24) is 15.0 Å². The van der Waals surface area contributed by atoms with Crippen molar-refractivity contribution in [3.05, 3.63) is 47.6 Å². The van der Waals surface area contributed by atoms with E-state index in [1.165, 1.54) is 5.56 Å². The zero-order valence-corrected chi connectivity index (χ0v) is 9.84. The Morgan fingerprint density at radius 3 is 2.71 bits per heavy atom. The van der Waals surface area contributed by atoms with Crippen molar-refractivity contribution in [2.45, 2.75) is 19.4 Å². The second-order valence-corrected chi connectivity index (χ2v) is 4.56. The van der Waals surface area contributed by atoms with Gasteiger partial charge < -0.3 is 4.52 Å². The summed E-state index contributed by atoms with van der Waals surface area (Å²) in [5.74, 6) is 1.92. The van der Waals surface area contributed by atoms with Crippen LogP contribution < -0.4 is 0 Å². The fraction of sp³-hybridized carbons (Fsp3) is 0.385. The van der Waals surface area contributed by atoms with E-state index in [0.717, 1.165) is 31.3 Å². The molecule has 17 heavy (non-hydrogen) atoms. The SMILES string of the molecule is Cc1noc(C2CN(Cc3ccccc3)C2)n1. The third-order valence-corrected chi connectivity index (χ3v) is 3.10. The zero-order valence-electron chi connectivity index (χ0n) is 9.84. The van der Waals surface area contributed by atoms with Crippen LogP contribution in [0.1, 0.15) is 23.2 Å². The van der Waals surface area contributed by atoms with Gasteiger partial charge in [0.1, 0.15) is 0 Å². The highest BCUT2D eigenvalue weighted by molar-refractivity contribution is 5.15. The lowest BCUT2D eigenvalue weighted by molar-refractivity contribution is 0.117. The predicted octanol–water partition coefficient (Wildman–Crippen LogP) is 1.98. The van der Waals surface area contributed by atoms with E-state index in [2.05, 4.69) is 39.3 Å². The maximum Gasteiger partial charge on any atom is 0.232 e. The van der Waals surface area contributed by atoms with Crippen molar-refractivity contribution in [2.24, 2.45) is 0 Å². The fourth-order valence-corrected chi connectivity index (χ4v) is 2.18. The van der Waals surface area contributed by atoms with Crippen LogP contribution in [0.4, 0.5) is 0 Å². The number of rotatable bonds is 3. The van der Waals surface area contributed by atoms with Crippen LogP contribution >= 0.6 is 0 Å². The lowest BCUT2D eigenvalue weighted by atomic mass is 9.99. The van der Waals surface area contributed by atoms with E-state index in [1.807, 2.05) is 13.0 Å². The first kappa shape index (κ1) is 10.5. The third kappa shape index (κ3) is 2.22. The Morgan fingerprint density at radius 2 is 2.06 bits per heavy atom. The fourth-order valence-electron chi connectivity index (χ4n) is 2.18. The van der Waals surface area contributed by atoms with E-state index >= 15 is 0 Å². The van der Waals surface area contributed by atoms with Gasteiger partial charge in [-0.15, -0.1) is 0 Å². The van der Waals surface area contributed by atoms with Gasteiger partial charge >= 0.3 is 0 Å². The lowest BCUT2D eigenvalue weighted by Crippen LogP contribution is -2.44. The summed E-state index contributed by atoms with van der Waals surface area (Å²) in [7, 11) is 0. The smallest absolute Gasteiger partial charge is 0.232 e. The molecule has 0 unspecified atom stereocenters. The van der Waals surface area contributed by atoms with Crippen LogP contribution in [-0.2, 0) is 6.54 Å². The third-order valence-electron chi connectivity index (χ3n) is 3.10. The van der Waals surface area contributed by atoms with E-state index in [0.29, 0.717) is 5.92 Å². The van der Waals surface area contributed by atoms with Crippen LogP contribution in [0.2, 0.25) is 0 Å². The molecule has 2 aromatic rings. The molecule has 4 heteroatoms. The highest BCUT2D eigenvalue weighted by Gasteiger charge is 2.31. The number of aryl methyl sites for hydroxylation is 1. The van der Waals surface area contributed by atoms with Crippen molar-refractivity contribution < 1.29 is 4.52 Å². The Kier molecular flexibility index (Phi) is 2.65. The molecule has 1 aromatic heterocycles. The topological polar surface area (TPSA) is 42.2 Å². The summed E-state index contributed by atoms with van der Waals surface area (Å²) in [5, 5.41) is 3.82. The minimum Gasteiger partial charge on any atom is -0.339 e. The Hall–Kier alpha value is -1.68. The lowest BCUT2D eigenvalue weighted by Gasteiger charge is -2.37. The molecule has 1 saturated heterocycles. The minimum absolute atomic E-state index is 0.417. The van der Waals surface area contributed by atoms with Crippen molar-refractivity contribution in [3.63, 3.8) is 0 Å². The van der Waals surface area contributed by atoms with E-state index in [-0.39, 0.29) is 0 Å². The molecule has 2 heterocycles. The average molecular weight is 229 g/mol. The first-order valence-electron chi connectivity index (χ1n) is 5.88. The Morgan fingerprint density at radius 1 is 1.29 bits per heavy atom. The van der Waals surface area contributed by atoms with Gasteiger partial charge in [0.15, 0.2) is 5.82 Å². The van der Waals surface area contributed by atoms with Crippen LogP contribution in [-0.4, -0.2) is 28.1 Å². The summed E-state index contributed by atoms with van der Waals surface area (Å²) in [6.07, 6.45) is 0. The second kappa shape index (κ2) is 4.30. The molecule has 1 fully saturated rings. The predicted molar refractivity (Wildman–Crippen MR) is 63.5 cm³/mol. The van der Waals surface area contributed by atoms with Gasteiger partial charge in [-0.25, -0.2) is 0 Å². The number of hydrogen-bond acceptors (Lipinski definition) is 4. The molecule has 1 aromatic carbocycles. The molecule has 88 valence electrons. The van der Waals surface area contributed by atoms with Gasteiger partial charge in [0.2, 0.25) is 5.89 Å². The molecule has 0 saturated carbocycles. The first-order chi connectivity index (χ1) is 8.31. The Labute approximate surface area is 100 Å². The standard InChI is InChI=1S/C13H15N3O/c1-10-14-13(17-15-10)12-8-16(9-12)7-11-5-3-2-4-6-11/h2-6,12H,7-9H2,1H3. The summed E-state index contributed by atoms with van der Waals surface area (Å²) in [6, 6.07) is 10.5. The molecular formula is C13H15N3O. The van der Waals surface area contributed by atoms with Gasteiger partial charge in [-0.3, -0.25) is 4.90 Å². The van der Waals surface area contributed by atoms with Crippen molar-refractivity contribution >= 4 is 0 Å². The van der Waals surface area contributed by atoms with Gasteiger partial charge in [-0.2, -0.15) is 4.98 Å². The molecule has 0 atom stereocenters. The highest BCUT2D eigenvalue weighted by atomic mass is 16.5. The molecular weight excluding hydrogens is 214 g/mol. The molecule has 0 spiro atoms. The van der Waals surface area contributed by atoms with E-state index in [1.54, 1.807) is 0 Å². The van der Waals surface area contributed by atoms with Crippen LogP contribution in [0, 0.1) is 6.92 Å². The van der Waals surface area contributed by atoms with Gasteiger partial charge in [-0.05, 0) is 12.5 Å². The van der Waals surface area contributed by atoms with Crippen LogP contribution in [0.25, 0.3) is 0 Å². The molecule has 0 amide bonds. The van der Waals surface area contributed by atoms with Crippen molar-refractivity contribution in [2.75, 3.05) is 13.1 Å². The summed E-state index contributed by atoms with van der Waals surface area (Å²) in [5.41, 5.74) is 1.35. The van der Waals surface area contributed by atoms with Crippen LogP contribution in [0.5, 0.6) is 0 Å². The number of benzene rings is 1. The van der Waals surface area contributed by atoms with E-state index in [9.17, 15) is 0 Å². The Balaban J connectivity index is 1.55. The number of nitrogens with zero attached hydrogens (tertiary/aromatic N) is 3. The average Bonchev–Trinajstić information content (AvgIpc) is 2.71. The molecule has 0 bridgehead atoms. The highest BCUT2D eigenvalue weighted by Crippen LogP contribution is 2.26. The maximum absolute atomic E-state index is 5.18. The molecule has 0 aliphatic carbocycles. The molecule has 0 N–H and O–H groups in total. The zero-order chi connectivity index (χ0) is 11.7. The molecule has 1 aliphatic heterocycles.